The number of aryl methyl sites for hydroxylation is 1. The second-order valence-electron chi connectivity index (χ2n) is 7.44. The summed E-state index contributed by atoms with van der Waals surface area (Å²) in [6.07, 6.45) is 10.0. The first-order valence-electron chi connectivity index (χ1n) is 9.87. The fraction of sp³-hybridized carbons (Fsp3) is 0.217. The highest BCUT2D eigenvalue weighted by atomic mass is 35.5. The standard InChI is InChI=1S/C23H22ClN5OS/c1-15-9-10-25-21(11-15)28-20-8-4-7-18(27-20)19-13-26-23(31-19)29(2)14-16-5-3-6-17(12-16)22(24)30/h3-11,13,17H,12,14H2,1-2H3,(H,25,27,28). The number of rotatable bonds is 7. The Labute approximate surface area is 190 Å². The van der Waals surface area contributed by atoms with E-state index in [1.165, 1.54) is 0 Å². The molecule has 158 valence electrons. The molecule has 1 N–H and O–H groups in total. The summed E-state index contributed by atoms with van der Waals surface area (Å²) in [5.74, 6) is 1.25. The van der Waals surface area contributed by atoms with Crippen molar-refractivity contribution in [3.63, 3.8) is 0 Å². The predicted octanol–water partition coefficient (Wildman–Crippen LogP) is 5.36. The van der Waals surface area contributed by atoms with E-state index in [-0.39, 0.29) is 11.2 Å². The molecule has 0 amide bonds. The van der Waals surface area contributed by atoms with E-state index in [2.05, 4.69) is 20.2 Å². The number of nitrogens with one attached hydrogen (secondary N) is 1. The van der Waals surface area contributed by atoms with Gasteiger partial charge in [0.05, 0.1) is 16.5 Å². The third-order valence-corrected chi connectivity index (χ3v) is 6.30. The van der Waals surface area contributed by atoms with Crippen LogP contribution in [0.1, 0.15) is 12.0 Å². The van der Waals surface area contributed by atoms with Crippen molar-refractivity contribution in [3.05, 3.63) is 72.1 Å². The lowest BCUT2D eigenvalue weighted by Gasteiger charge is -2.21. The van der Waals surface area contributed by atoms with Crippen LogP contribution in [0.25, 0.3) is 10.6 Å². The van der Waals surface area contributed by atoms with E-state index in [1.807, 2.05) is 68.7 Å². The third kappa shape index (κ3) is 5.37. The van der Waals surface area contributed by atoms with E-state index >= 15 is 0 Å². The van der Waals surface area contributed by atoms with Crippen LogP contribution in [0, 0.1) is 12.8 Å². The summed E-state index contributed by atoms with van der Waals surface area (Å²) < 4.78 is 0. The summed E-state index contributed by atoms with van der Waals surface area (Å²) in [4.78, 5) is 28.1. The zero-order valence-corrected chi connectivity index (χ0v) is 18.8. The van der Waals surface area contributed by atoms with Crippen LogP contribution < -0.4 is 10.2 Å². The van der Waals surface area contributed by atoms with E-state index in [1.54, 1.807) is 17.5 Å². The lowest BCUT2D eigenvalue weighted by atomic mass is 9.95. The molecule has 1 aliphatic rings. The highest BCUT2D eigenvalue weighted by molar-refractivity contribution is 7.18. The Balaban J connectivity index is 1.45. The SMILES string of the molecule is Cc1ccnc(Nc2cccc(-c3cnc(N(C)CC4=CC=CC(C(=O)Cl)C4)s3)n2)c1. The first-order valence-corrected chi connectivity index (χ1v) is 11.1. The van der Waals surface area contributed by atoms with Crippen LogP contribution in [0.2, 0.25) is 0 Å². The minimum atomic E-state index is -0.318. The number of hydrogen-bond acceptors (Lipinski definition) is 7. The van der Waals surface area contributed by atoms with Gasteiger partial charge in [-0.1, -0.05) is 35.6 Å². The number of likely N-dealkylation sites (N-methyl/N-ethyl adjacent to an activating group) is 1. The highest BCUT2D eigenvalue weighted by Gasteiger charge is 2.19. The Morgan fingerprint density at radius 1 is 1.29 bits per heavy atom. The number of hydrogen-bond donors (Lipinski definition) is 1. The quantitative estimate of drug-likeness (QED) is 0.488. The fourth-order valence-electron chi connectivity index (χ4n) is 3.33. The van der Waals surface area contributed by atoms with Gasteiger partial charge in [0, 0.05) is 26.0 Å². The molecule has 1 unspecified atom stereocenters. The molecule has 0 bridgehead atoms. The molecule has 0 saturated carbocycles. The first kappa shape index (κ1) is 21.2. The topological polar surface area (TPSA) is 71.0 Å². The number of carbonyl (C=O) groups excluding carboxylic acids is 1. The van der Waals surface area contributed by atoms with Crippen molar-refractivity contribution in [2.45, 2.75) is 13.3 Å². The van der Waals surface area contributed by atoms with Crippen molar-refractivity contribution in [3.8, 4) is 10.6 Å². The first-order chi connectivity index (χ1) is 15.0. The van der Waals surface area contributed by atoms with Gasteiger partial charge in [-0.25, -0.2) is 15.0 Å². The van der Waals surface area contributed by atoms with Gasteiger partial charge in [-0.3, -0.25) is 4.79 Å². The summed E-state index contributed by atoms with van der Waals surface area (Å²) in [6.45, 7) is 2.71. The number of anilines is 3. The second kappa shape index (κ2) is 9.41. The Hall–Kier alpha value is -3.03. The maximum absolute atomic E-state index is 11.5. The molecule has 0 fully saturated rings. The summed E-state index contributed by atoms with van der Waals surface area (Å²) in [5.41, 5.74) is 3.13. The van der Waals surface area contributed by atoms with Gasteiger partial charge in [0.25, 0.3) is 0 Å². The van der Waals surface area contributed by atoms with Crippen LogP contribution >= 0.6 is 22.9 Å². The van der Waals surface area contributed by atoms with Crippen molar-refractivity contribution in [2.24, 2.45) is 5.92 Å². The minimum absolute atomic E-state index is 0.246. The fourth-order valence-corrected chi connectivity index (χ4v) is 4.32. The zero-order chi connectivity index (χ0) is 21.8. The number of nitrogens with zero attached hydrogens (tertiary/aromatic N) is 4. The molecule has 3 aromatic heterocycles. The summed E-state index contributed by atoms with van der Waals surface area (Å²) in [6, 6.07) is 9.78. The summed E-state index contributed by atoms with van der Waals surface area (Å²) in [7, 11) is 1.99. The smallest absolute Gasteiger partial charge is 0.228 e. The van der Waals surface area contributed by atoms with Crippen LogP contribution in [0.15, 0.2) is 66.5 Å². The molecule has 0 aliphatic heterocycles. The van der Waals surface area contributed by atoms with Crippen molar-refractivity contribution in [1.82, 2.24) is 15.0 Å². The number of halogens is 1. The van der Waals surface area contributed by atoms with Crippen molar-refractivity contribution in [1.29, 1.82) is 0 Å². The van der Waals surface area contributed by atoms with Gasteiger partial charge in [0.1, 0.15) is 11.6 Å². The van der Waals surface area contributed by atoms with Crippen LogP contribution in [-0.4, -0.2) is 33.8 Å². The van der Waals surface area contributed by atoms with E-state index in [0.717, 1.165) is 38.5 Å². The molecule has 4 rings (SSSR count). The molecule has 31 heavy (non-hydrogen) atoms. The number of thiazole rings is 1. The molecule has 6 nitrogen and oxygen atoms in total. The molecule has 8 heteroatoms. The van der Waals surface area contributed by atoms with E-state index < -0.39 is 0 Å². The van der Waals surface area contributed by atoms with Crippen LogP contribution in [-0.2, 0) is 4.79 Å². The Morgan fingerprint density at radius 3 is 2.97 bits per heavy atom. The average molecular weight is 452 g/mol. The maximum Gasteiger partial charge on any atom is 0.228 e. The molecular weight excluding hydrogens is 430 g/mol. The van der Waals surface area contributed by atoms with E-state index in [4.69, 9.17) is 16.6 Å². The summed E-state index contributed by atoms with van der Waals surface area (Å²) >= 11 is 7.24. The monoisotopic (exact) mass is 451 g/mol. The van der Waals surface area contributed by atoms with Gasteiger partial charge < -0.3 is 10.2 Å². The molecular formula is C23H22ClN5OS. The lowest BCUT2D eigenvalue weighted by molar-refractivity contribution is -0.113. The molecule has 1 aliphatic carbocycles. The van der Waals surface area contributed by atoms with Gasteiger partial charge in [-0.2, -0.15) is 0 Å². The van der Waals surface area contributed by atoms with Crippen molar-refractivity contribution in [2.75, 3.05) is 23.8 Å². The van der Waals surface area contributed by atoms with Crippen LogP contribution in [0.4, 0.5) is 16.8 Å². The van der Waals surface area contributed by atoms with Crippen molar-refractivity contribution >= 4 is 44.9 Å². The Morgan fingerprint density at radius 2 is 2.16 bits per heavy atom. The predicted molar refractivity (Wildman–Crippen MR) is 127 cm³/mol. The average Bonchev–Trinajstić information content (AvgIpc) is 3.25. The second-order valence-corrected chi connectivity index (χ2v) is 8.82. The Bertz CT molecular complexity index is 1160. The van der Waals surface area contributed by atoms with Gasteiger partial charge >= 0.3 is 0 Å². The van der Waals surface area contributed by atoms with E-state index in [0.29, 0.717) is 13.0 Å². The molecule has 3 aromatic rings. The maximum atomic E-state index is 11.5. The molecule has 0 radical (unpaired) electrons. The number of allylic oxidation sites excluding steroid dienone is 3. The summed E-state index contributed by atoms with van der Waals surface area (Å²) in [5, 5.41) is 3.82. The van der Waals surface area contributed by atoms with Gasteiger partial charge in [0.2, 0.25) is 5.24 Å². The largest absolute Gasteiger partial charge is 0.347 e. The molecule has 3 heterocycles. The number of aromatic nitrogens is 3. The van der Waals surface area contributed by atoms with Crippen LogP contribution in [0.3, 0.4) is 0 Å². The number of pyridine rings is 2. The number of carbonyl (C=O) groups is 1. The highest BCUT2D eigenvalue weighted by Crippen LogP contribution is 2.31. The van der Waals surface area contributed by atoms with Gasteiger partial charge in [-0.05, 0) is 60.3 Å². The van der Waals surface area contributed by atoms with Gasteiger partial charge in [0.15, 0.2) is 5.13 Å². The normalized spacial score (nSPS) is 15.5. The van der Waals surface area contributed by atoms with E-state index in [9.17, 15) is 4.79 Å². The minimum Gasteiger partial charge on any atom is -0.347 e. The molecule has 0 saturated heterocycles. The zero-order valence-electron chi connectivity index (χ0n) is 17.2. The Kier molecular flexibility index (Phi) is 6.44. The third-order valence-electron chi connectivity index (χ3n) is 4.88. The molecule has 0 aromatic carbocycles. The van der Waals surface area contributed by atoms with Crippen molar-refractivity contribution < 1.29 is 4.79 Å². The molecule has 0 spiro atoms. The lowest BCUT2D eigenvalue weighted by Crippen LogP contribution is -2.22. The van der Waals surface area contributed by atoms with Crippen LogP contribution in [0.5, 0.6) is 0 Å². The van der Waals surface area contributed by atoms with Gasteiger partial charge in [-0.15, -0.1) is 0 Å². The molecule has 1 atom stereocenters.